The minimum Gasteiger partial charge on any atom is -0.444 e. The fourth-order valence-corrected chi connectivity index (χ4v) is 4.44. The average Bonchev–Trinajstić information content (AvgIpc) is 2.43. The number of fused-ring (bicyclic) bond motifs is 2. The first kappa shape index (κ1) is 18.2. The molecule has 1 N–H and O–H groups in total. The highest BCUT2D eigenvalue weighted by Crippen LogP contribution is 2.45. The molecule has 0 aromatic carbocycles. The Morgan fingerprint density at radius 2 is 1.84 bits per heavy atom. The van der Waals surface area contributed by atoms with Gasteiger partial charge in [-0.05, 0) is 59.9 Å². The first-order valence-corrected chi connectivity index (χ1v) is 9.27. The Morgan fingerprint density at radius 1 is 1.24 bits per heavy atom. The van der Waals surface area contributed by atoms with Gasteiger partial charge in [0, 0.05) is 41.9 Å². The van der Waals surface area contributed by atoms with Crippen LogP contribution in [0.15, 0.2) is 12.1 Å². The molecule has 2 fully saturated rings. The summed E-state index contributed by atoms with van der Waals surface area (Å²) in [5.74, 6) is 0. The van der Waals surface area contributed by atoms with Gasteiger partial charge in [0.15, 0.2) is 0 Å². The predicted molar refractivity (Wildman–Crippen MR) is 96.3 cm³/mol. The molecule has 3 heterocycles. The highest BCUT2D eigenvalue weighted by molar-refractivity contribution is 5.69. The van der Waals surface area contributed by atoms with Crippen LogP contribution in [0.2, 0.25) is 0 Å². The highest BCUT2D eigenvalue weighted by atomic mass is 16.6. The van der Waals surface area contributed by atoms with Crippen molar-refractivity contribution in [2.24, 2.45) is 0 Å². The summed E-state index contributed by atoms with van der Waals surface area (Å²) in [4.78, 5) is 19.1. The van der Waals surface area contributed by atoms with Gasteiger partial charge in [-0.1, -0.05) is 6.07 Å². The lowest BCUT2D eigenvalue weighted by molar-refractivity contribution is -0.0969. The Hall–Kier alpha value is -1.62. The first-order chi connectivity index (χ1) is 11.6. The van der Waals surface area contributed by atoms with E-state index in [0.717, 1.165) is 36.2 Å². The second-order valence-corrected chi connectivity index (χ2v) is 8.65. The molecule has 0 aliphatic carbocycles. The molecule has 5 heteroatoms. The molecule has 2 unspecified atom stereocenters. The molecule has 0 spiro atoms. The molecule has 2 aliphatic rings. The average molecular weight is 346 g/mol. The van der Waals surface area contributed by atoms with E-state index in [1.54, 1.807) is 0 Å². The second-order valence-electron chi connectivity index (χ2n) is 8.65. The maximum absolute atomic E-state index is 12.7. The lowest BCUT2D eigenvalue weighted by Crippen LogP contribution is -2.59. The Labute approximate surface area is 150 Å². The van der Waals surface area contributed by atoms with Gasteiger partial charge in [-0.3, -0.25) is 4.98 Å². The SMILES string of the molecule is Cc1ccc(C2(O)CC3CCCC(C2)N3C(=O)OC(C)(C)C)c(C)n1. The molecule has 1 amide bonds. The van der Waals surface area contributed by atoms with E-state index < -0.39 is 11.2 Å². The number of aliphatic hydroxyl groups is 1. The highest BCUT2D eigenvalue weighted by Gasteiger charge is 2.49. The number of pyridine rings is 1. The molecule has 2 atom stereocenters. The fourth-order valence-electron chi connectivity index (χ4n) is 4.44. The van der Waals surface area contributed by atoms with Crippen LogP contribution in [-0.4, -0.2) is 38.8 Å². The van der Waals surface area contributed by atoms with Gasteiger partial charge in [-0.2, -0.15) is 0 Å². The van der Waals surface area contributed by atoms with Gasteiger partial charge in [0.05, 0.1) is 5.60 Å². The Balaban J connectivity index is 1.87. The second kappa shape index (κ2) is 6.27. The van der Waals surface area contributed by atoms with Crippen LogP contribution >= 0.6 is 0 Å². The summed E-state index contributed by atoms with van der Waals surface area (Å²) in [7, 11) is 0. The van der Waals surface area contributed by atoms with Crippen LogP contribution in [0.3, 0.4) is 0 Å². The summed E-state index contributed by atoms with van der Waals surface area (Å²) in [5.41, 5.74) is 1.32. The fraction of sp³-hybridized carbons (Fsp3) is 0.700. The summed E-state index contributed by atoms with van der Waals surface area (Å²) < 4.78 is 5.62. The number of aromatic nitrogens is 1. The van der Waals surface area contributed by atoms with E-state index in [0.29, 0.717) is 12.8 Å². The summed E-state index contributed by atoms with van der Waals surface area (Å²) in [5, 5.41) is 11.4. The molecule has 1 aromatic rings. The zero-order valence-corrected chi connectivity index (χ0v) is 16.0. The predicted octanol–water partition coefficient (Wildman–Crippen LogP) is 3.84. The zero-order valence-electron chi connectivity index (χ0n) is 16.0. The Morgan fingerprint density at radius 3 is 2.36 bits per heavy atom. The molecule has 3 rings (SSSR count). The minimum absolute atomic E-state index is 0.0213. The number of carbonyl (C=O) groups is 1. The number of aryl methyl sites for hydroxylation is 2. The number of amides is 1. The maximum atomic E-state index is 12.7. The number of piperidine rings is 2. The van der Waals surface area contributed by atoms with E-state index >= 15 is 0 Å². The molecule has 2 saturated heterocycles. The van der Waals surface area contributed by atoms with Crippen molar-refractivity contribution >= 4 is 6.09 Å². The van der Waals surface area contributed by atoms with Crippen LogP contribution in [-0.2, 0) is 10.3 Å². The van der Waals surface area contributed by atoms with Crippen molar-refractivity contribution in [3.63, 3.8) is 0 Å². The number of ether oxygens (including phenoxy) is 1. The first-order valence-electron chi connectivity index (χ1n) is 9.27. The third-order valence-electron chi connectivity index (χ3n) is 5.34. The zero-order chi connectivity index (χ0) is 18.4. The monoisotopic (exact) mass is 346 g/mol. The quantitative estimate of drug-likeness (QED) is 0.839. The van der Waals surface area contributed by atoms with E-state index in [1.807, 2.05) is 51.7 Å². The molecule has 2 bridgehead atoms. The number of rotatable bonds is 1. The molecule has 5 nitrogen and oxygen atoms in total. The van der Waals surface area contributed by atoms with Crippen molar-refractivity contribution in [1.29, 1.82) is 0 Å². The van der Waals surface area contributed by atoms with Crippen molar-refractivity contribution in [2.45, 2.75) is 90.0 Å². The van der Waals surface area contributed by atoms with Crippen LogP contribution in [0.5, 0.6) is 0 Å². The van der Waals surface area contributed by atoms with Crippen molar-refractivity contribution in [3.05, 3.63) is 29.1 Å². The number of carbonyl (C=O) groups excluding carboxylic acids is 1. The van der Waals surface area contributed by atoms with Crippen LogP contribution in [0.4, 0.5) is 4.79 Å². The topological polar surface area (TPSA) is 62.7 Å². The summed E-state index contributed by atoms with van der Waals surface area (Å²) in [6.07, 6.45) is 3.77. The van der Waals surface area contributed by atoms with Crippen molar-refractivity contribution in [2.75, 3.05) is 0 Å². The normalized spacial score (nSPS) is 29.4. The van der Waals surface area contributed by atoms with E-state index in [1.165, 1.54) is 0 Å². The molecule has 2 aliphatic heterocycles. The number of nitrogens with zero attached hydrogens (tertiary/aromatic N) is 2. The Bertz CT molecular complexity index is 651. The van der Waals surface area contributed by atoms with Crippen LogP contribution in [0, 0.1) is 13.8 Å². The third-order valence-corrected chi connectivity index (χ3v) is 5.34. The molecular formula is C20H30N2O3. The van der Waals surface area contributed by atoms with E-state index in [4.69, 9.17) is 4.74 Å². The van der Waals surface area contributed by atoms with E-state index in [9.17, 15) is 9.90 Å². The molecule has 0 saturated carbocycles. The third kappa shape index (κ3) is 3.66. The number of hydrogen-bond acceptors (Lipinski definition) is 4. The maximum Gasteiger partial charge on any atom is 0.410 e. The van der Waals surface area contributed by atoms with Gasteiger partial charge in [-0.25, -0.2) is 4.79 Å². The smallest absolute Gasteiger partial charge is 0.410 e. The van der Waals surface area contributed by atoms with Gasteiger partial charge < -0.3 is 14.7 Å². The van der Waals surface area contributed by atoms with Gasteiger partial charge in [0.25, 0.3) is 0 Å². The van der Waals surface area contributed by atoms with Gasteiger partial charge in [-0.15, -0.1) is 0 Å². The van der Waals surface area contributed by atoms with Gasteiger partial charge in [0.2, 0.25) is 0 Å². The van der Waals surface area contributed by atoms with Crippen molar-refractivity contribution < 1.29 is 14.6 Å². The van der Waals surface area contributed by atoms with Crippen LogP contribution in [0.1, 0.15) is 69.8 Å². The van der Waals surface area contributed by atoms with Crippen LogP contribution < -0.4 is 0 Å². The van der Waals surface area contributed by atoms with E-state index in [2.05, 4.69) is 4.98 Å². The summed E-state index contributed by atoms with van der Waals surface area (Å²) >= 11 is 0. The standard InChI is InChI=1S/C20H30N2O3/c1-13-9-10-17(14(2)21-13)20(24)11-15-7-6-8-16(12-20)22(15)18(23)25-19(3,4)5/h9-10,15-16,24H,6-8,11-12H2,1-5H3. The largest absolute Gasteiger partial charge is 0.444 e. The Kier molecular flexibility index (Phi) is 4.56. The number of hydrogen-bond donors (Lipinski definition) is 1. The lowest BCUT2D eigenvalue weighted by Gasteiger charge is -2.52. The van der Waals surface area contributed by atoms with Crippen LogP contribution in [0.25, 0.3) is 0 Å². The molecule has 1 aromatic heterocycles. The van der Waals surface area contributed by atoms with Crippen molar-refractivity contribution in [1.82, 2.24) is 9.88 Å². The minimum atomic E-state index is -0.918. The molecular weight excluding hydrogens is 316 g/mol. The van der Waals surface area contributed by atoms with Gasteiger partial charge >= 0.3 is 6.09 Å². The molecule has 0 radical (unpaired) electrons. The summed E-state index contributed by atoms with van der Waals surface area (Å²) in [6, 6.07) is 3.99. The van der Waals surface area contributed by atoms with E-state index in [-0.39, 0.29) is 18.2 Å². The summed E-state index contributed by atoms with van der Waals surface area (Å²) in [6.45, 7) is 9.59. The van der Waals surface area contributed by atoms with Crippen molar-refractivity contribution in [3.8, 4) is 0 Å². The lowest BCUT2D eigenvalue weighted by atomic mass is 9.72. The van der Waals surface area contributed by atoms with Gasteiger partial charge in [0.1, 0.15) is 5.60 Å². The molecule has 25 heavy (non-hydrogen) atoms. The molecule has 138 valence electrons.